The number of imidazole rings is 1. The second kappa shape index (κ2) is 11.7. The number of para-hydroxylation sites is 1. The van der Waals surface area contributed by atoms with Crippen LogP contribution >= 0.6 is 7.75 Å². The second-order valence-corrected chi connectivity index (χ2v) is 10.9. The maximum atomic E-state index is 13.7. The second-order valence-electron chi connectivity index (χ2n) is 9.25. The van der Waals surface area contributed by atoms with E-state index >= 15 is 0 Å². The van der Waals surface area contributed by atoms with Crippen molar-refractivity contribution in [1.29, 1.82) is 0 Å². The Morgan fingerprint density at radius 1 is 1.21 bits per heavy atom. The lowest BCUT2D eigenvalue weighted by molar-refractivity contribution is -0.149. The Labute approximate surface area is 220 Å². The number of anilines is 1. The summed E-state index contributed by atoms with van der Waals surface area (Å²) in [5.74, 6) is -0.149. The Morgan fingerprint density at radius 3 is 2.63 bits per heavy atom. The number of aromatic nitrogens is 4. The predicted octanol–water partition coefficient (Wildman–Crippen LogP) is 2.90. The van der Waals surface area contributed by atoms with Crippen molar-refractivity contribution in [3.05, 3.63) is 43.0 Å². The largest absolute Gasteiger partial charge is 0.462 e. The maximum Gasteiger partial charge on any atom is 0.459 e. The number of carbonyl (C=O) groups excluding carboxylic acids is 1. The molecule has 0 spiro atoms. The molecule has 1 aliphatic rings. The summed E-state index contributed by atoms with van der Waals surface area (Å²) in [6.45, 7) is 6.47. The highest BCUT2D eigenvalue weighted by Crippen LogP contribution is 2.46. The first-order valence-corrected chi connectivity index (χ1v) is 13.8. The number of rotatable bonds is 11. The first-order chi connectivity index (χ1) is 18.1. The first kappa shape index (κ1) is 27.9. The molecule has 1 aromatic carbocycles. The molecule has 0 bridgehead atoms. The fourth-order valence-electron chi connectivity index (χ4n) is 4.07. The molecular formula is C24H33N6O7P. The number of carbonyl (C=O) groups is 1. The number of nitrogens with one attached hydrogen (secondary N) is 2. The third kappa shape index (κ3) is 6.13. The fourth-order valence-corrected chi connectivity index (χ4v) is 5.58. The molecule has 14 heteroatoms. The zero-order valence-corrected chi connectivity index (χ0v) is 22.7. The number of hydrogen-bond donors (Lipinski definition) is 3. The minimum absolute atomic E-state index is 0.275. The smallest absolute Gasteiger partial charge is 0.459 e. The van der Waals surface area contributed by atoms with Crippen molar-refractivity contribution in [3.8, 4) is 5.75 Å². The molecule has 1 aliphatic heterocycles. The molecule has 206 valence electrons. The van der Waals surface area contributed by atoms with E-state index in [4.69, 9.17) is 18.5 Å². The summed E-state index contributed by atoms with van der Waals surface area (Å²) in [4.78, 5) is 25.2. The Morgan fingerprint density at radius 2 is 1.95 bits per heavy atom. The van der Waals surface area contributed by atoms with Crippen LogP contribution in [-0.2, 0) is 23.4 Å². The van der Waals surface area contributed by atoms with Gasteiger partial charge in [-0.1, -0.05) is 25.1 Å². The predicted molar refractivity (Wildman–Crippen MR) is 138 cm³/mol. The van der Waals surface area contributed by atoms with Crippen LogP contribution in [0.15, 0.2) is 43.0 Å². The summed E-state index contributed by atoms with van der Waals surface area (Å²) >= 11 is 0. The number of aliphatic hydroxyl groups excluding tert-OH is 1. The Balaban J connectivity index is 1.50. The van der Waals surface area contributed by atoms with Crippen LogP contribution in [0.5, 0.6) is 5.75 Å². The van der Waals surface area contributed by atoms with E-state index in [0.29, 0.717) is 17.0 Å². The normalized spacial score (nSPS) is 23.8. The van der Waals surface area contributed by atoms with Crippen LogP contribution in [0.25, 0.3) is 11.2 Å². The van der Waals surface area contributed by atoms with Crippen molar-refractivity contribution in [2.45, 2.75) is 58.3 Å². The summed E-state index contributed by atoms with van der Waals surface area (Å²) in [5, 5.41) is 16.6. The highest BCUT2D eigenvalue weighted by molar-refractivity contribution is 7.52. The Hall–Kier alpha value is -3.09. The van der Waals surface area contributed by atoms with Crippen LogP contribution in [0, 0.1) is 5.92 Å². The molecule has 3 heterocycles. The molecule has 0 aliphatic carbocycles. The van der Waals surface area contributed by atoms with Crippen molar-refractivity contribution in [2.24, 2.45) is 5.92 Å². The van der Waals surface area contributed by atoms with E-state index < -0.39 is 38.2 Å². The van der Waals surface area contributed by atoms with Gasteiger partial charge in [0, 0.05) is 13.0 Å². The van der Waals surface area contributed by atoms with Crippen LogP contribution in [0.2, 0.25) is 0 Å². The number of aliphatic hydroxyl groups is 1. The minimum Gasteiger partial charge on any atom is -0.462 e. The highest BCUT2D eigenvalue weighted by atomic mass is 31.2. The van der Waals surface area contributed by atoms with E-state index in [2.05, 4.69) is 25.4 Å². The van der Waals surface area contributed by atoms with Gasteiger partial charge in [-0.25, -0.2) is 19.5 Å². The average Bonchev–Trinajstić information content (AvgIpc) is 3.43. The number of nitrogens with zero attached hydrogens (tertiary/aromatic N) is 4. The third-order valence-corrected chi connectivity index (χ3v) is 7.63. The summed E-state index contributed by atoms with van der Waals surface area (Å²) in [7, 11) is -2.38. The van der Waals surface area contributed by atoms with Gasteiger partial charge in [-0.2, -0.15) is 5.09 Å². The molecule has 0 saturated carbocycles. The molecule has 2 aromatic heterocycles. The van der Waals surface area contributed by atoms with Gasteiger partial charge in [0.1, 0.15) is 36.0 Å². The summed E-state index contributed by atoms with van der Waals surface area (Å²) in [6.07, 6.45) is 0.200. The van der Waals surface area contributed by atoms with Crippen molar-refractivity contribution in [3.63, 3.8) is 0 Å². The molecule has 3 N–H and O–H groups in total. The van der Waals surface area contributed by atoms with Gasteiger partial charge in [-0.05, 0) is 32.9 Å². The lowest BCUT2D eigenvalue weighted by Crippen LogP contribution is -2.37. The topological polar surface area (TPSA) is 159 Å². The first-order valence-electron chi connectivity index (χ1n) is 12.3. The van der Waals surface area contributed by atoms with Crippen molar-refractivity contribution >= 4 is 30.7 Å². The van der Waals surface area contributed by atoms with Gasteiger partial charge in [0.25, 0.3) is 0 Å². The number of hydrogen-bond acceptors (Lipinski definition) is 11. The van der Waals surface area contributed by atoms with Gasteiger partial charge in [-0.15, -0.1) is 0 Å². The van der Waals surface area contributed by atoms with E-state index in [9.17, 15) is 14.5 Å². The Kier molecular flexibility index (Phi) is 8.64. The standard InChI is InChI=1S/C24H33N6O7P/c1-14(2)35-24(32)16(4)29-38(33,37-17-9-7-6-8-10-17)34-11-18-20(31)15(3)23(36-18)30-13-28-19-21(25-5)26-12-27-22(19)30/h6-10,12-16,18,20,23,31H,11H2,1-5H3,(H,29,33)(H,25,26,27)/t15-,16-,18+,20-,23+,38+/m0/s1. The van der Waals surface area contributed by atoms with E-state index in [1.807, 2.05) is 6.92 Å². The monoisotopic (exact) mass is 548 g/mol. The molecule has 1 saturated heterocycles. The third-order valence-electron chi connectivity index (χ3n) is 5.99. The van der Waals surface area contributed by atoms with Crippen molar-refractivity contribution < 1.29 is 33.0 Å². The quantitative estimate of drug-likeness (QED) is 0.238. The average molecular weight is 549 g/mol. The minimum atomic E-state index is -4.11. The molecule has 0 radical (unpaired) electrons. The van der Waals surface area contributed by atoms with Crippen molar-refractivity contribution in [2.75, 3.05) is 19.0 Å². The number of benzene rings is 1. The molecule has 0 unspecified atom stereocenters. The van der Waals surface area contributed by atoms with E-state index in [-0.39, 0.29) is 24.4 Å². The molecule has 4 rings (SSSR count). The fraction of sp³-hybridized carbons (Fsp3) is 0.500. The lowest BCUT2D eigenvalue weighted by atomic mass is 10.0. The van der Waals surface area contributed by atoms with Crippen LogP contribution < -0.4 is 14.9 Å². The van der Waals surface area contributed by atoms with Crippen molar-refractivity contribution in [1.82, 2.24) is 24.6 Å². The lowest BCUT2D eigenvalue weighted by Gasteiger charge is -2.25. The molecule has 1 fully saturated rings. The molecule has 13 nitrogen and oxygen atoms in total. The SMILES string of the molecule is CNc1ncnc2c1ncn2[C@@H]1O[C@H](CO[P@](=O)(N[C@@H](C)C(=O)OC(C)C)Oc2ccccc2)[C@@H](O)[C@@H]1C. The van der Waals surface area contributed by atoms with Gasteiger partial charge in [0.2, 0.25) is 0 Å². The van der Waals surface area contributed by atoms with Crippen LogP contribution in [0.3, 0.4) is 0 Å². The zero-order valence-electron chi connectivity index (χ0n) is 21.8. The summed E-state index contributed by atoms with van der Waals surface area (Å²) < 4.78 is 38.2. The summed E-state index contributed by atoms with van der Waals surface area (Å²) in [6, 6.07) is 7.43. The number of ether oxygens (including phenoxy) is 2. The Bertz CT molecular complexity index is 1290. The summed E-state index contributed by atoms with van der Waals surface area (Å²) in [5.41, 5.74) is 1.10. The molecule has 0 amide bonds. The van der Waals surface area contributed by atoms with E-state index in [1.165, 1.54) is 13.3 Å². The highest BCUT2D eigenvalue weighted by Gasteiger charge is 2.44. The molecule has 38 heavy (non-hydrogen) atoms. The van der Waals surface area contributed by atoms with Crippen LogP contribution in [0.1, 0.15) is 33.9 Å². The molecule has 6 atom stereocenters. The van der Waals surface area contributed by atoms with Gasteiger partial charge in [-0.3, -0.25) is 13.9 Å². The van der Waals surface area contributed by atoms with Gasteiger partial charge in [0.15, 0.2) is 11.5 Å². The van der Waals surface area contributed by atoms with Gasteiger partial charge in [0.05, 0.1) is 25.1 Å². The number of esters is 1. The van der Waals surface area contributed by atoms with E-state index in [0.717, 1.165) is 0 Å². The molecule has 3 aromatic rings. The maximum absolute atomic E-state index is 13.7. The van der Waals surface area contributed by atoms with Crippen LogP contribution in [-0.4, -0.2) is 68.6 Å². The van der Waals surface area contributed by atoms with Gasteiger partial charge >= 0.3 is 13.7 Å². The van der Waals surface area contributed by atoms with Crippen LogP contribution in [0.4, 0.5) is 5.82 Å². The number of fused-ring (bicyclic) bond motifs is 1. The zero-order chi connectivity index (χ0) is 27.4. The van der Waals surface area contributed by atoms with E-state index in [1.54, 1.807) is 62.1 Å². The van der Waals surface area contributed by atoms with Gasteiger partial charge < -0.3 is 24.4 Å². The molecular weight excluding hydrogens is 515 g/mol.